The van der Waals surface area contributed by atoms with Crippen molar-refractivity contribution in [1.29, 1.82) is 0 Å². The van der Waals surface area contributed by atoms with Crippen LogP contribution < -0.4 is 11.1 Å². The van der Waals surface area contributed by atoms with Crippen molar-refractivity contribution in [1.82, 2.24) is 15.2 Å². The van der Waals surface area contributed by atoms with Gasteiger partial charge in [-0.05, 0) is 36.8 Å². The van der Waals surface area contributed by atoms with E-state index >= 15 is 0 Å². The molecule has 7 heteroatoms. The van der Waals surface area contributed by atoms with Crippen molar-refractivity contribution < 1.29 is 14.7 Å². The fourth-order valence-electron chi connectivity index (χ4n) is 2.79. The van der Waals surface area contributed by atoms with Gasteiger partial charge in [0.25, 0.3) is 0 Å². The van der Waals surface area contributed by atoms with Crippen molar-refractivity contribution in [3.63, 3.8) is 0 Å². The first kappa shape index (κ1) is 16.2. The monoisotopic (exact) mass is 306 g/mol. The number of primary amides is 1. The number of pyridine rings is 1. The molecule has 1 atom stereocenters. The highest BCUT2D eigenvalue weighted by Crippen LogP contribution is 2.21. The van der Waals surface area contributed by atoms with Gasteiger partial charge >= 0.3 is 6.03 Å². The summed E-state index contributed by atoms with van der Waals surface area (Å²) in [6.45, 7) is 0.804. The smallest absolute Gasteiger partial charge is 0.312 e. The summed E-state index contributed by atoms with van der Waals surface area (Å²) in [4.78, 5) is 28.8. The van der Waals surface area contributed by atoms with Gasteiger partial charge in [-0.3, -0.25) is 9.78 Å². The molecule has 0 saturated carbocycles. The Morgan fingerprint density at radius 2 is 2.18 bits per heavy atom. The van der Waals surface area contributed by atoms with Gasteiger partial charge in [0.2, 0.25) is 5.91 Å². The lowest BCUT2D eigenvalue weighted by Crippen LogP contribution is -2.53. The van der Waals surface area contributed by atoms with Crippen molar-refractivity contribution in [2.75, 3.05) is 19.7 Å². The number of aromatic nitrogens is 1. The molecule has 7 nitrogen and oxygen atoms in total. The van der Waals surface area contributed by atoms with Crippen LogP contribution in [0.2, 0.25) is 0 Å². The number of amides is 3. The predicted octanol–water partition coefficient (Wildman–Crippen LogP) is -0.108. The van der Waals surface area contributed by atoms with E-state index in [1.807, 2.05) is 12.3 Å². The zero-order valence-electron chi connectivity index (χ0n) is 12.4. The number of hydrogen-bond acceptors (Lipinski definition) is 4. The highest BCUT2D eigenvalue weighted by molar-refractivity contribution is 5.86. The molecule has 1 unspecified atom stereocenters. The predicted molar refractivity (Wildman–Crippen MR) is 80.8 cm³/mol. The summed E-state index contributed by atoms with van der Waals surface area (Å²) in [6, 6.07) is 2.23. The van der Waals surface area contributed by atoms with E-state index in [1.54, 1.807) is 11.1 Å². The molecular formula is C15H22N4O3. The number of aliphatic hydroxyl groups excluding tert-OH is 1. The van der Waals surface area contributed by atoms with Crippen molar-refractivity contribution in [3.05, 3.63) is 30.1 Å². The fourth-order valence-corrected chi connectivity index (χ4v) is 2.79. The molecule has 1 aromatic heterocycles. The Morgan fingerprint density at radius 1 is 1.45 bits per heavy atom. The van der Waals surface area contributed by atoms with Crippen molar-refractivity contribution in [2.45, 2.75) is 25.3 Å². The second-order valence-corrected chi connectivity index (χ2v) is 5.58. The van der Waals surface area contributed by atoms with Crippen LogP contribution in [0.1, 0.15) is 18.4 Å². The van der Waals surface area contributed by atoms with Gasteiger partial charge in [0.1, 0.15) is 6.04 Å². The second-order valence-electron chi connectivity index (χ2n) is 5.58. The summed E-state index contributed by atoms with van der Waals surface area (Å²) in [5, 5.41) is 11.5. The van der Waals surface area contributed by atoms with Crippen molar-refractivity contribution in [3.8, 4) is 0 Å². The summed E-state index contributed by atoms with van der Waals surface area (Å²) in [5.41, 5.74) is 6.21. The quantitative estimate of drug-likeness (QED) is 0.705. The van der Waals surface area contributed by atoms with Gasteiger partial charge in [0.05, 0.1) is 6.61 Å². The number of hydrogen-bond donors (Lipinski definition) is 3. The van der Waals surface area contributed by atoms with Crippen molar-refractivity contribution in [2.24, 2.45) is 11.7 Å². The molecule has 120 valence electrons. The number of nitrogens with zero attached hydrogens (tertiary/aromatic N) is 2. The highest BCUT2D eigenvalue weighted by Gasteiger charge is 2.28. The molecule has 4 N–H and O–H groups in total. The summed E-state index contributed by atoms with van der Waals surface area (Å²) >= 11 is 0. The van der Waals surface area contributed by atoms with E-state index in [0.29, 0.717) is 19.0 Å². The van der Waals surface area contributed by atoms with E-state index in [9.17, 15) is 14.7 Å². The molecule has 1 saturated heterocycles. The number of aliphatic hydroxyl groups is 1. The van der Waals surface area contributed by atoms with Crippen LogP contribution in [-0.2, 0) is 11.2 Å². The number of urea groups is 1. The third-order valence-electron chi connectivity index (χ3n) is 3.97. The Kier molecular flexibility index (Phi) is 5.71. The Bertz CT molecular complexity index is 501. The lowest BCUT2D eigenvalue weighted by Gasteiger charge is -2.34. The molecule has 0 aromatic carbocycles. The summed E-state index contributed by atoms with van der Waals surface area (Å²) in [6.07, 6.45) is 6.38. The van der Waals surface area contributed by atoms with E-state index in [0.717, 1.165) is 19.3 Å². The van der Waals surface area contributed by atoms with Crippen LogP contribution in [0.4, 0.5) is 4.79 Å². The molecule has 1 fully saturated rings. The van der Waals surface area contributed by atoms with Crippen LogP contribution >= 0.6 is 0 Å². The van der Waals surface area contributed by atoms with Crippen LogP contribution in [-0.4, -0.2) is 52.7 Å². The van der Waals surface area contributed by atoms with Gasteiger partial charge in [-0.2, -0.15) is 0 Å². The number of piperidine rings is 1. The van der Waals surface area contributed by atoms with Crippen LogP contribution in [0.5, 0.6) is 0 Å². The van der Waals surface area contributed by atoms with E-state index in [1.165, 1.54) is 5.56 Å². The standard InChI is InChI=1S/C15H22N4O3/c16-15(22)18-13(10-20)14(21)19-6-3-11(4-7-19)8-12-2-1-5-17-9-12/h1-2,5,9,11,13,20H,3-4,6-8,10H2,(H3,16,18,22). The molecular weight excluding hydrogens is 284 g/mol. The van der Waals surface area contributed by atoms with E-state index in [-0.39, 0.29) is 5.91 Å². The lowest BCUT2D eigenvalue weighted by atomic mass is 9.90. The minimum absolute atomic E-state index is 0.277. The summed E-state index contributed by atoms with van der Waals surface area (Å²) in [7, 11) is 0. The van der Waals surface area contributed by atoms with Crippen LogP contribution in [0.3, 0.4) is 0 Å². The Labute approximate surface area is 129 Å². The van der Waals surface area contributed by atoms with Gasteiger partial charge in [0.15, 0.2) is 0 Å². The number of nitrogens with one attached hydrogen (secondary N) is 1. The SMILES string of the molecule is NC(=O)NC(CO)C(=O)N1CCC(Cc2cccnc2)CC1. The molecule has 0 radical (unpaired) electrons. The molecule has 22 heavy (non-hydrogen) atoms. The zero-order valence-corrected chi connectivity index (χ0v) is 12.4. The molecule has 0 aliphatic carbocycles. The normalized spacial score (nSPS) is 17.0. The highest BCUT2D eigenvalue weighted by atomic mass is 16.3. The van der Waals surface area contributed by atoms with Gasteiger partial charge in [-0.1, -0.05) is 6.07 Å². The average molecular weight is 306 g/mol. The molecule has 0 spiro atoms. The second kappa shape index (κ2) is 7.74. The molecule has 1 aromatic rings. The Balaban J connectivity index is 1.83. The molecule has 0 bridgehead atoms. The van der Waals surface area contributed by atoms with Crippen LogP contribution in [0.15, 0.2) is 24.5 Å². The average Bonchev–Trinajstić information content (AvgIpc) is 2.53. The van der Waals surface area contributed by atoms with Gasteiger partial charge < -0.3 is 21.1 Å². The first-order valence-electron chi connectivity index (χ1n) is 7.44. The van der Waals surface area contributed by atoms with Gasteiger partial charge in [-0.25, -0.2) is 4.79 Å². The van der Waals surface area contributed by atoms with Crippen LogP contribution in [0, 0.1) is 5.92 Å². The number of likely N-dealkylation sites (tertiary alicyclic amines) is 1. The Hall–Kier alpha value is -2.15. The number of carbonyl (C=O) groups excluding carboxylic acids is 2. The summed E-state index contributed by atoms with van der Waals surface area (Å²) < 4.78 is 0. The third-order valence-corrected chi connectivity index (χ3v) is 3.97. The largest absolute Gasteiger partial charge is 0.394 e. The maximum absolute atomic E-state index is 12.2. The first-order chi connectivity index (χ1) is 10.6. The van der Waals surface area contributed by atoms with Crippen LogP contribution in [0.25, 0.3) is 0 Å². The van der Waals surface area contributed by atoms with Crippen molar-refractivity contribution >= 4 is 11.9 Å². The minimum atomic E-state index is -0.952. The molecule has 2 heterocycles. The number of rotatable bonds is 5. The third kappa shape index (κ3) is 4.42. The van der Waals surface area contributed by atoms with Gasteiger partial charge in [0, 0.05) is 25.5 Å². The topological polar surface area (TPSA) is 109 Å². The lowest BCUT2D eigenvalue weighted by molar-refractivity contribution is -0.135. The Morgan fingerprint density at radius 3 is 2.73 bits per heavy atom. The maximum Gasteiger partial charge on any atom is 0.312 e. The zero-order chi connectivity index (χ0) is 15.9. The van der Waals surface area contributed by atoms with E-state index in [2.05, 4.69) is 16.4 Å². The van der Waals surface area contributed by atoms with Gasteiger partial charge in [-0.15, -0.1) is 0 Å². The number of nitrogens with two attached hydrogens (primary N) is 1. The fraction of sp³-hybridized carbons (Fsp3) is 0.533. The van der Waals surface area contributed by atoms with E-state index in [4.69, 9.17) is 5.73 Å². The molecule has 3 amide bonds. The minimum Gasteiger partial charge on any atom is -0.394 e. The maximum atomic E-state index is 12.2. The summed E-state index contributed by atoms with van der Waals surface area (Å²) in [5.74, 6) is 0.242. The molecule has 2 rings (SSSR count). The number of carbonyl (C=O) groups is 2. The molecule has 1 aliphatic heterocycles. The van der Waals surface area contributed by atoms with E-state index < -0.39 is 18.7 Å². The molecule has 1 aliphatic rings. The first-order valence-corrected chi connectivity index (χ1v) is 7.44.